The summed E-state index contributed by atoms with van der Waals surface area (Å²) in [4.78, 5) is 11.9. The monoisotopic (exact) mass is 242 g/mol. The number of hydrogen-bond acceptors (Lipinski definition) is 4. The molecule has 3 rings (SSSR count). The molecule has 3 aromatic rings. The Balaban J connectivity index is 2.18. The number of hydrogen-bond donors (Lipinski definition) is 2. The molecule has 0 atom stereocenters. The molecule has 0 saturated carbocycles. The minimum absolute atomic E-state index is 0.434. The van der Waals surface area contributed by atoms with Crippen LogP contribution in [0.1, 0.15) is 17.4 Å². The van der Waals surface area contributed by atoms with Gasteiger partial charge in [0.25, 0.3) is 0 Å². The Labute approximate surface area is 104 Å². The number of nitrogens with zero attached hydrogens (tertiary/aromatic N) is 2. The van der Waals surface area contributed by atoms with E-state index >= 15 is 0 Å². The number of nitrogens with two attached hydrogens (primary N) is 1. The van der Waals surface area contributed by atoms with Crippen LogP contribution in [0.25, 0.3) is 22.4 Å². The van der Waals surface area contributed by atoms with E-state index in [0.717, 1.165) is 33.9 Å². The molecular weight excluding hydrogens is 228 g/mol. The molecule has 0 fully saturated rings. The van der Waals surface area contributed by atoms with Crippen LogP contribution in [0.5, 0.6) is 0 Å². The Morgan fingerprint density at radius 1 is 1.28 bits per heavy atom. The lowest BCUT2D eigenvalue weighted by molar-refractivity contribution is 0.561. The number of imidazole rings is 1. The summed E-state index contributed by atoms with van der Waals surface area (Å²) < 4.78 is 5.53. The van der Waals surface area contributed by atoms with Gasteiger partial charge in [0.15, 0.2) is 11.5 Å². The first-order valence-corrected chi connectivity index (χ1v) is 5.80. The minimum Gasteiger partial charge on any atom is -0.441 e. The Kier molecular flexibility index (Phi) is 2.41. The molecule has 1 aromatic carbocycles. The van der Waals surface area contributed by atoms with Crippen molar-refractivity contribution < 1.29 is 4.42 Å². The lowest BCUT2D eigenvalue weighted by Crippen LogP contribution is -1.98. The predicted octanol–water partition coefficient (Wildman–Crippen LogP) is 2.29. The van der Waals surface area contributed by atoms with Crippen LogP contribution in [0.3, 0.4) is 0 Å². The first-order valence-electron chi connectivity index (χ1n) is 5.80. The zero-order chi connectivity index (χ0) is 12.7. The molecule has 0 radical (unpaired) electrons. The number of benzene rings is 1. The van der Waals surface area contributed by atoms with Crippen LogP contribution in [0.15, 0.2) is 22.6 Å². The van der Waals surface area contributed by atoms with E-state index in [0.29, 0.717) is 12.4 Å². The topological polar surface area (TPSA) is 80.7 Å². The fourth-order valence-corrected chi connectivity index (χ4v) is 2.11. The van der Waals surface area contributed by atoms with E-state index in [2.05, 4.69) is 15.0 Å². The summed E-state index contributed by atoms with van der Waals surface area (Å²) >= 11 is 0. The van der Waals surface area contributed by atoms with E-state index in [4.69, 9.17) is 10.2 Å². The number of H-pyrrole nitrogens is 1. The molecule has 2 aromatic heterocycles. The van der Waals surface area contributed by atoms with Gasteiger partial charge in [-0.1, -0.05) is 6.07 Å². The minimum atomic E-state index is 0.434. The normalized spacial score (nSPS) is 11.3. The van der Waals surface area contributed by atoms with Crippen molar-refractivity contribution in [3.63, 3.8) is 0 Å². The van der Waals surface area contributed by atoms with Crippen molar-refractivity contribution in [2.24, 2.45) is 5.73 Å². The number of oxazole rings is 1. The van der Waals surface area contributed by atoms with Crippen LogP contribution in [0.2, 0.25) is 0 Å². The molecular formula is C13H14N4O. The van der Waals surface area contributed by atoms with E-state index in [1.54, 1.807) is 0 Å². The van der Waals surface area contributed by atoms with Gasteiger partial charge in [0.1, 0.15) is 11.3 Å². The van der Waals surface area contributed by atoms with Gasteiger partial charge < -0.3 is 15.1 Å². The van der Waals surface area contributed by atoms with E-state index in [9.17, 15) is 0 Å². The quantitative estimate of drug-likeness (QED) is 0.722. The maximum absolute atomic E-state index is 5.71. The van der Waals surface area contributed by atoms with Crippen molar-refractivity contribution in [2.45, 2.75) is 20.4 Å². The molecule has 0 aliphatic rings. The van der Waals surface area contributed by atoms with Gasteiger partial charge >= 0.3 is 0 Å². The molecule has 18 heavy (non-hydrogen) atoms. The van der Waals surface area contributed by atoms with Crippen LogP contribution in [-0.2, 0) is 6.54 Å². The lowest BCUT2D eigenvalue weighted by Gasteiger charge is -1.99. The van der Waals surface area contributed by atoms with Crippen molar-refractivity contribution in [3.05, 3.63) is 35.6 Å². The lowest BCUT2D eigenvalue weighted by atomic mass is 10.1. The maximum Gasteiger partial charge on any atom is 0.192 e. The maximum atomic E-state index is 5.71. The number of aromatic amines is 1. The van der Waals surface area contributed by atoms with Crippen molar-refractivity contribution in [1.29, 1.82) is 0 Å². The molecule has 0 amide bonds. The number of aromatic nitrogens is 3. The van der Waals surface area contributed by atoms with Crippen LogP contribution in [0, 0.1) is 13.8 Å². The van der Waals surface area contributed by atoms with E-state index in [1.165, 1.54) is 0 Å². The molecule has 0 spiro atoms. The summed E-state index contributed by atoms with van der Waals surface area (Å²) in [6.45, 7) is 4.19. The molecule has 3 N–H and O–H groups in total. The first-order chi connectivity index (χ1) is 8.67. The largest absolute Gasteiger partial charge is 0.441 e. The standard InChI is InChI=1S/C13H14N4O/c1-7-15-11(6-14)13(16-7)9-3-4-10-12(5-9)18-8(2)17-10/h3-5H,6,14H2,1-2H3,(H,15,16). The van der Waals surface area contributed by atoms with Gasteiger partial charge in [-0.05, 0) is 19.1 Å². The van der Waals surface area contributed by atoms with Crippen LogP contribution < -0.4 is 5.73 Å². The Morgan fingerprint density at radius 3 is 2.89 bits per heavy atom. The SMILES string of the molecule is Cc1nc(-c2ccc3nc(C)oc3c2)c(CN)[nH]1. The number of rotatable bonds is 2. The van der Waals surface area contributed by atoms with Gasteiger partial charge in [-0.3, -0.25) is 0 Å². The van der Waals surface area contributed by atoms with Crippen LogP contribution in [-0.4, -0.2) is 15.0 Å². The molecule has 0 unspecified atom stereocenters. The van der Waals surface area contributed by atoms with Gasteiger partial charge in [-0.15, -0.1) is 0 Å². The summed E-state index contributed by atoms with van der Waals surface area (Å²) in [5, 5.41) is 0. The van der Waals surface area contributed by atoms with Gasteiger partial charge in [0.2, 0.25) is 0 Å². The van der Waals surface area contributed by atoms with Gasteiger partial charge in [-0.2, -0.15) is 0 Å². The average molecular weight is 242 g/mol. The zero-order valence-corrected chi connectivity index (χ0v) is 10.3. The molecule has 5 nitrogen and oxygen atoms in total. The Bertz CT molecular complexity index is 711. The highest BCUT2D eigenvalue weighted by molar-refractivity contribution is 5.79. The second-order valence-corrected chi connectivity index (χ2v) is 4.27. The van der Waals surface area contributed by atoms with Crippen LogP contribution in [0.4, 0.5) is 0 Å². The van der Waals surface area contributed by atoms with E-state index in [-0.39, 0.29) is 0 Å². The summed E-state index contributed by atoms with van der Waals surface area (Å²) in [6.07, 6.45) is 0. The second-order valence-electron chi connectivity index (χ2n) is 4.27. The van der Waals surface area contributed by atoms with Crippen LogP contribution >= 0.6 is 0 Å². The summed E-state index contributed by atoms with van der Waals surface area (Å²) in [5.74, 6) is 1.53. The highest BCUT2D eigenvalue weighted by Gasteiger charge is 2.11. The second kappa shape index (κ2) is 3.96. The summed E-state index contributed by atoms with van der Waals surface area (Å²) in [5.41, 5.74) is 10.1. The van der Waals surface area contributed by atoms with Gasteiger partial charge in [-0.25, -0.2) is 9.97 Å². The number of fused-ring (bicyclic) bond motifs is 1. The van der Waals surface area contributed by atoms with Crippen molar-refractivity contribution in [2.75, 3.05) is 0 Å². The first kappa shape index (κ1) is 11.0. The molecule has 0 aliphatic heterocycles. The average Bonchev–Trinajstić information content (AvgIpc) is 2.89. The number of nitrogens with one attached hydrogen (secondary N) is 1. The molecule has 0 aliphatic carbocycles. The Hall–Kier alpha value is -2.14. The molecule has 92 valence electrons. The number of aryl methyl sites for hydroxylation is 2. The van der Waals surface area contributed by atoms with E-state index in [1.807, 2.05) is 32.0 Å². The highest BCUT2D eigenvalue weighted by atomic mass is 16.3. The third-order valence-electron chi connectivity index (χ3n) is 2.87. The molecule has 0 saturated heterocycles. The van der Waals surface area contributed by atoms with Crippen molar-refractivity contribution in [3.8, 4) is 11.3 Å². The van der Waals surface area contributed by atoms with Gasteiger partial charge in [0.05, 0.1) is 11.4 Å². The zero-order valence-electron chi connectivity index (χ0n) is 10.3. The van der Waals surface area contributed by atoms with E-state index < -0.39 is 0 Å². The molecule has 2 heterocycles. The summed E-state index contributed by atoms with van der Waals surface area (Å²) in [6, 6.07) is 5.87. The molecule has 0 bridgehead atoms. The Morgan fingerprint density at radius 2 is 2.11 bits per heavy atom. The smallest absolute Gasteiger partial charge is 0.192 e. The van der Waals surface area contributed by atoms with Gasteiger partial charge in [0, 0.05) is 19.0 Å². The van der Waals surface area contributed by atoms with Crippen molar-refractivity contribution >= 4 is 11.1 Å². The fourth-order valence-electron chi connectivity index (χ4n) is 2.11. The van der Waals surface area contributed by atoms with Crippen molar-refractivity contribution in [1.82, 2.24) is 15.0 Å². The summed E-state index contributed by atoms with van der Waals surface area (Å²) in [7, 11) is 0. The third kappa shape index (κ3) is 1.69. The predicted molar refractivity (Wildman–Crippen MR) is 69.0 cm³/mol. The highest BCUT2D eigenvalue weighted by Crippen LogP contribution is 2.26. The fraction of sp³-hybridized carbons (Fsp3) is 0.231. The molecule has 5 heteroatoms. The third-order valence-corrected chi connectivity index (χ3v) is 2.87.